The first-order valence-corrected chi connectivity index (χ1v) is 9.56. The molecule has 0 spiro atoms. The average Bonchev–Trinajstić information content (AvgIpc) is 3.35. The van der Waals surface area contributed by atoms with Crippen molar-refractivity contribution in [2.75, 3.05) is 26.2 Å². The number of nitrogens with one attached hydrogen (secondary N) is 2. The Kier molecular flexibility index (Phi) is 4.25. The zero-order valence-corrected chi connectivity index (χ0v) is 15.5. The molecule has 0 radical (unpaired) electrons. The molecular weight excluding hydrogens is 383 g/mol. The molecule has 3 aromatic rings. The minimum Gasteiger partial charge on any atom is -0.508 e. The summed E-state index contributed by atoms with van der Waals surface area (Å²) in [6.45, 7) is 4.08. The van der Waals surface area contributed by atoms with E-state index in [-0.39, 0.29) is 16.8 Å². The van der Waals surface area contributed by atoms with Gasteiger partial charge in [-0.05, 0) is 60.8 Å². The molecular formula is C20H20F3N5O. The quantitative estimate of drug-likeness (QED) is 0.627. The van der Waals surface area contributed by atoms with E-state index in [2.05, 4.69) is 25.4 Å². The lowest BCUT2D eigenvalue weighted by Gasteiger charge is -2.19. The molecule has 0 amide bonds. The Hall–Kier alpha value is -2.65. The normalized spacial score (nSPS) is 22.4. The number of hydrogen-bond acceptors (Lipinski definition) is 5. The first-order valence-electron chi connectivity index (χ1n) is 9.56. The minimum absolute atomic E-state index is 0.0372. The van der Waals surface area contributed by atoms with Crippen LogP contribution in [0.3, 0.4) is 0 Å². The molecule has 29 heavy (non-hydrogen) atoms. The molecule has 5 rings (SSSR count). The van der Waals surface area contributed by atoms with Crippen LogP contribution in [-0.4, -0.2) is 51.4 Å². The van der Waals surface area contributed by atoms with Crippen molar-refractivity contribution in [1.29, 1.82) is 0 Å². The number of H-pyrrole nitrogens is 1. The van der Waals surface area contributed by atoms with Gasteiger partial charge < -0.3 is 10.4 Å². The predicted molar refractivity (Wildman–Crippen MR) is 101 cm³/mol. The van der Waals surface area contributed by atoms with Gasteiger partial charge in [-0.3, -0.25) is 10.00 Å². The van der Waals surface area contributed by atoms with Crippen molar-refractivity contribution >= 4 is 11.0 Å². The number of hydrogen-bond donors (Lipinski definition) is 3. The first kappa shape index (κ1) is 18.4. The lowest BCUT2D eigenvalue weighted by molar-refractivity contribution is -0.140. The minimum atomic E-state index is -4.53. The third-order valence-corrected chi connectivity index (χ3v) is 5.91. The third-order valence-electron chi connectivity index (χ3n) is 5.91. The second-order valence-electron chi connectivity index (χ2n) is 7.88. The van der Waals surface area contributed by atoms with E-state index in [1.54, 1.807) is 18.2 Å². The summed E-state index contributed by atoms with van der Waals surface area (Å²) in [5, 5.41) is 18.9. The largest absolute Gasteiger partial charge is 0.508 e. The van der Waals surface area contributed by atoms with Crippen molar-refractivity contribution in [2.24, 2.45) is 11.8 Å². The maximum atomic E-state index is 13.6. The maximum absolute atomic E-state index is 13.6. The van der Waals surface area contributed by atoms with Gasteiger partial charge in [0.15, 0.2) is 5.65 Å². The van der Waals surface area contributed by atoms with E-state index in [0.717, 1.165) is 26.2 Å². The number of aromatic amines is 1. The van der Waals surface area contributed by atoms with Crippen LogP contribution in [0.4, 0.5) is 13.2 Å². The van der Waals surface area contributed by atoms with Crippen molar-refractivity contribution in [2.45, 2.75) is 12.7 Å². The Morgan fingerprint density at radius 3 is 2.45 bits per heavy atom. The fourth-order valence-electron chi connectivity index (χ4n) is 4.53. The van der Waals surface area contributed by atoms with E-state index in [4.69, 9.17) is 0 Å². The van der Waals surface area contributed by atoms with Crippen LogP contribution in [0.2, 0.25) is 0 Å². The van der Waals surface area contributed by atoms with Gasteiger partial charge in [0, 0.05) is 25.2 Å². The number of alkyl halides is 3. The summed E-state index contributed by atoms with van der Waals surface area (Å²) >= 11 is 0. The predicted octanol–water partition coefficient (Wildman–Crippen LogP) is 3.00. The number of likely N-dealkylation sites (tertiary alicyclic amines) is 1. The number of phenols is 1. The molecule has 2 aliphatic rings. The number of nitrogens with zero attached hydrogens (tertiary/aromatic N) is 3. The number of fused-ring (bicyclic) bond motifs is 2. The first-order chi connectivity index (χ1) is 13.9. The number of halogens is 3. The van der Waals surface area contributed by atoms with E-state index >= 15 is 0 Å². The van der Waals surface area contributed by atoms with E-state index in [0.29, 0.717) is 35.2 Å². The topological polar surface area (TPSA) is 77.1 Å². The van der Waals surface area contributed by atoms with Gasteiger partial charge in [-0.1, -0.05) is 0 Å². The summed E-state index contributed by atoms with van der Waals surface area (Å²) < 4.78 is 40.7. The number of aromatic hydroxyl groups is 1. The van der Waals surface area contributed by atoms with E-state index in [1.807, 2.05) is 0 Å². The molecule has 0 saturated carbocycles. The molecule has 2 aromatic heterocycles. The summed E-state index contributed by atoms with van der Waals surface area (Å²) in [4.78, 5) is 6.57. The van der Waals surface area contributed by atoms with Crippen LogP contribution < -0.4 is 5.32 Å². The van der Waals surface area contributed by atoms with Crippen LogP contribution in [0.1, 0.15) is 11.3 Å². The van der Waals surface area contributed by atoms with Crippen LogP contribution in [0.25, 0.3) is 22.3 Å². The van der Waals surface area contributed by atoms with Gasteiger partial charge in [0.1, 0.15) is 11.4 Å². The highest BCUT2D eigenvalue weighted by atomic mass is 19.4. The molecule has 2 fully saturated rings. The van der Waals surface area contributed by atoms with Crippen LogP contribution in [0.5, 0.6) is 5.75 Å². The Morgan fingerprint density at radius 1 is 1.10 bits per heavy atom. The van der Waals surface area contributed by atoms with Gasteiger partial charge in [0.25, 0.3) is 0 Å². The number of pyridine rings is 1. The lowest BCUT2D eigenvalue weighted by Crippen LogP contribution is -2.25. The Bertz CT molecular complexity index is 1030. The maximum Gasteiger partial charge on any atom is 0.433 e. The number of rotatable bonds is 3. The molecule has 0 bridgehead atoms. The van der Waals surface area contributed by atoms with Crippen LogP contribution in [-0.2, 0) is 12.7 Å². The van der Waals surface area contributed by atoms with Gasteiger partial charge in [-0.2, -0.15) is 18.3 Å². The fraction of sp³-hybridized carbons (Fsp3) is 0.400. The summed E-state index contributed by atoms with van der Waals surface area (Å²) in [6, 6.07) is 8.15. The number of phenolic OH excluding ortho intramolecular Hbond substituents is 1. The van der Waals surface area contributed by atoms with Crippen molar-refractivity contribution in [1.82, 2.24) is 25.4 Å². The molecule has 2 saturated heterocycles. The molecule has 0 aliphatic carbocycles. The lowest BCUT2D eigenvalue weighted by atomic mass is 10.0. The Morgan fingerprint density at radius 2 is 1.79 bits per heavy atom. The van der Waals surface area contributed by atoms with Gasteiger partial charge >= 0.3 is 6.18 Å². The summed E-state index contributed by atoms with van der Waals surface area (Å²) in [6.07, 6.45) is -4.53. The molecule has 4 heterocycles. The van der Waals surface area contributed by atoms with Crippen molar-refractivity contribution in [3.63, 3.8) is 0 Å². The summed E-state index contributed by atoms with van der Waals surface area (Å²) in [7, 11) is 0. The summed E-state index contributed by atoms with van der Waals surface area (Å²) in [5.41, 5.74) is 1.01. The molecule has 2 aliphatic heterocycles. The highest BCUT2D eigenvalue weighted by Gasteiger charge is 2.39. The highest BCUT2D eigenvalue weighted by Crippen LogP contribution is 2.37. The van der Waals surface area contributed by atoms with Crippen LogP contribution in [0, 0.1) is 11.8 Å². The van der Waals surface area contributed by atoms with Crippen LogP contribution >= 0.6 is 0 Å². The Labute approximate surface area is 164 Å². The van der Waals surface area contributed by atoms with Gasteiger partial charge in [0.2, 0.25) is 0 Å². The monoisotopic (exact) mass is 403 g/mol. The standard InChI is InChI=1S/C20H20F3N5O/c21-20(22,23)18-17-12(8-28-9-13-6-24-7-14(13)10-28)5-16(25-19(17)27-26-18)11-1-3-15(29)4-2-11/h1-5,13-14,24,29H,6-10H2,(H,25,26,27). The Balaban J connectivity index is 1.58. The highest BCUT2D eigenvalue weighted by molar-refractivity contribution is 5.85. The molecule has 1 aromatic carbocycles. The summed E-state index contributed by atoms with van der Waals surface area (Å²) in [5.74, 6) is 1.22. The van der Waals surface area contributed by atoms with Gasteiger partial charge in [-0.25, -0.2) is 4.98 Å². The van der Waals surface area contributed by atoms with Crippen molar-refractivity contribution in [3.05, 3.63) is 41.6 Å². The van der Waals surface area contributed by atoms with Gasteiger partial charge in [0.05, 0.1) is 11.1 Å². The second kappa shape index (κ2) is 6.70. The van der Waals surface area contributed by atoms with Crippen molar-refractivity contribution < 1.29 is 18.3 Å². The van der Waals surface area contributed by atoms with E-state index in [9.17, 15) is 18.3 Å². The molecule has 2 atom stereocenters. The molecule has 9 heteroatoms. The van der Waals surface area contributed by atoms with Crippen LogP contribution in [0.15, 0.2) is 30.3 Å². The SMILES string of the molecule is Oc1ccc(-c2cc(CN3CC4CNCC4C3)c3c(C(F)(F)F)[nH]nc3n2)cc1. The number of benzene rings is 1. The molecule has 152 valence electrons. The van der Waals surface area contributed by atoms with Gasteiger partial charge in [-0.15, -0.1) is 0 Å². The molecule has 6 nitrogen and oxygen atoms in total. The zero-order chi connectivity index (χ0) is 20.2. The smallest absolute Gasteiger partial charge is 0.433 e. The van der Waals surface area contributed by atoms with E-state index in [1.165, 1.54) is 12.1 Å². The number of aromatic nitrogens is 3. The molecule has 2 unspecified atom stereocenters. The average molecular weight is 403 g/mol. The van der Waals surface area contributed by atoms with Crippen molar-refractivity contribution in [3.8, 4) is 17.0 Å². The van der Waals surface area contributed by atoms with E-state index < -0.39 is 11.9 Å². The zero-order valence-electron chi connectivity index (χ0n) is 15.5. The second-order valence-corrected chi connectivity index (χ2v) is 7.88. The fourth-order valence-corrected chi connectivity index (χ4v) is 4.53. The third kappa shape index (κ3) is 3.34. The molecule has 3 N–H and O–H groups in total.